The van der Waals surface area contributed by atoms with Crippen molar-refractivity contribution in [1.29, 1.82) is 0 Å². The number of para-hydroxylation sites is 1. The number of carbonyl (C=O) groups is 1. The third-order valence-electron chi connectivity index (χ3n) is 5.53. The molecule has 1 saturated heterocycles. The van der Waals surface area contributed by atoms with Gasteiger partial charge in [-0.15, -0.1) is 0 Å². The third-order valence-corrected chi connectivity index (χ3v) is 7.49. The standard InChI is InChI=1S/C21H26N4O5S/c1-16-21(19(30-22-16)8-9-24-11-13-29-14-12-24)31(27,28)23(2)15-20(26)25-10-7-17-5-3-4-6-18(17)25/h3-6,8-9H,7,10-15H2,1-2H3/b9-8+. The summed E-state index contributed by atoms with van der Waals surface area (Å²) in [6, 6.07) is 7.67. The summed E-state index contributed by atoms with van der Waals surface area (Å²) in [5, 5.41) is 3.84. The number of morpholine rings is 1. The quantitative estimate of drug-likeness (QED) is 0.663. The van der Waals surface area contributed by atoms with Crippen LogP contribution in [-0.2, 0) is 26.0 Å². The highest BCUT2D eigenvalue weighted by Crippen LogP contribution is 2.29. The fourth-order valence-corrected chi connectivity index (χ4v) is 5.17. The van der Waals surface area contributed by atoms with E-state index in [1.807, 2.05) is 29.2 Å². The van der Waals surface area contributed by atoms with E-state index >= 15 is 0 Å². The molecule has 2 aromatic rings. The number of aromatic nitrogens is 1. The van der Waals surface area contributed by atoms with Crippen molar-refractivity contribution in [2.24, 2.45) is 0 Å². The zero-order chi connectivity index (χ0) is 22.0. The number of benzene rings is 1. The van der Waals surface area contributed by atoms with E-state index in [1.165, 1.54) is 7.05 Å². The molecule has 0 saturated carbocycles. The maximum absolute atomic E-state index is 13.3. The van der Waals surface area contributed by atoms with Crippen LogP contribution in [0.3, 0.4) is 0 Å². The molecule has 9 nitrogen and oxygen atoms in total. The minimum absolute atomic E-state index is 0.0193. The molecule has 2 aliphatic heterocycles. The first-order valence-electron chi connectivity index (χ1n) is 10.2. The highest BCUT2D eigenvalue weighted by atomic mass is 32.2. The van der Waals surface area contributed by atoms with Gasteiger partial charge < -0.3 is 19.1 Å². The summed E-state index contributed by atoms with van der Waals surface area (Å²) in [6.45, 7) is 4.54. The van der Waals surface area contributed by atoms with Crippen molar-refractivity contribution < 1.29 is 22.5 Å². The van der Waals surface area contributed by atoms with Gasteiger partial charge in [0.25, 0.3) is 0 Å². The van der Waals surface area contributed by atoms with Crippen LogP contribution in [0.5, 0.6) is 0 Å². The Kier molecular flexibility index (Phi) is 6.12. The van der Waals surface area contributed by atoms with Crippen molar-refractivity contribution in [2.45, 2.75) is 18.2 Å². The molecule has 1 aromatic heterocycles. The van der Waals surface area contributed by atoms with Crippen LogP contribution < -0.4 is 4.90 Å². The molecule has 4 rings (SSSR count). The first-order chi connectivity index (χ1) is 14.9. The van der Waals surface area contributed by atoms with Gasteiger partial charge in [0.2, 0.25) is 15.9 Å². The number of hydrogen-bond donors (Lipinski definition) is 0. The number of rotatable bonds is 6. The second-order valence-electron chi connectivity index (χ2n) is 7.61. The lowest BCUT2D eigenvalue weighted by Crippen LogP contribution is -2.40. The van der Waals surface area contributed by atoms with Crippen LogP contribution in [0.4, 0.5) is 5.69 Å². The van der Waals surface area contributed by atoms with Crippen LogP contribution in [0.25, 0.3) is 6.08 Å². The van der Waals surface area contributed by atoms with Crippen LogP contribution in [0.2, 0.25) is 0 Å². The van der Waals surface area contributed by atoms with Gasteiger partial charge in [-0.25, -0.2) is 8.42 Å². The fraction of sp³-hybridized carbons (Fsp3) is 0.429. The van der Waals surface area contributed by atoms with E-state index in [0.29, 0.717) is 19.8 Å². The van der Waals surface area contributed by atoms with Gasteiger partial charge in [0, 0.05) is 44.6 Å². The Labute approximate surface area is 181 Å². The monoisotopic (exact) mass is 446 g/mol. The minimum Gasteiger partial charge on any atom is -0.378 e. The molecule has 31 heavy (non-hydrogen) atoms. The number of aryl methyl sites for hydroxylation is 1. The number of likely N-dealkylation sites (N-methyl/N-ethyl adjacent to an activating group) is 1. The predicted octanol–water partition coefficient (Wildman–Crippen LogP) is 1.50. The van der Waals surface area contributed by atoms with Crippen molar-refractivity contribution in [3.63, 3.8) is 0 Å². The number of fused-ring (bicyclic) bond motifs is 1. The second-order valence-corrected chi connectivity index (χ2v) is 9.59. The molecule has 1 fully saturated rings. The lowest BCUT2D eigenvalue weighted by molar-refractivity contribution is -0.118. The van der Waals surface area contributed by atoms with E-state index in [-0.39, 0.29) is 28.8 Å². The van der Waals surface area contributed by atoms with Gasteiger partial charge in [0.05, 0.1) is 19.8 Å². The number of amides is 1. The number of sulfonamides is 1. The summed E-state index contributed by atoms with van der Waals surface area (Å²) in [4.78, 5) is 16.5. The van der Waals surface area contributed by atoms with Crippen LogP contribution >= 0.6 is 0 Å². The largest absolute Gasteiger partial charge is 0.378 e. The summed E-state index contributed by atoms with van der Waals surface area (Å²) < 4.78 is 38.2. The first-order valence-corrected chi connectivity index (χ1v) is 11.6. The van der Waals surface area contributed by atoms with Crippen molar-refractivity contribution in [1.82, 2.24) is 14.4 Å². The number of nitrogens with zero attached hydrogens (tertiary/aromatic N) is 4. The fourth-order valence-electron chi connectivity index (χ4n) is 3.81. The maximum Gasteiger partial charge on any atom is 0.249 e. The van der Waals surface area contributed by atoms with E-state index in [9.17, 15) is 13.2 Å². The van der Waals surface area contributed by atoms with Crippen LogP contribution in [-0.4, -0.2) is 75.1 Å². The Morgan fingerprint density at radius 3 is 2.74 bits per heavy atom. The summed E-state index contributed by atoms with van der Waals surface area (Å²) in [5.41, 5.74) is 2.19. The summed E-state index contributed by atoms with van der Waals surface area (Å²) in [7, 11) is -2.58. The van der Waals surface area contributed by atoms with Crippen LogP contribution in [0, 0.1) is 6.92 Å². The molecular weight excluding hydrogens is 420 g/mol. The van der Waals surface area contributed by atoms with Gasteiger partial charge in [-0.1, -0.05) is 23.4 Å². The smallest absolute Gasteiger partial charge is 0.249 e. The molecule has 10 heteroatoms. The van der Waals surface area contributed by atoms with Gasteiger partial charge in [0.1, 0.15) is 5.69 Å². The number of anilines is 1. The topological polar surface area (TPSA) is 96.2 Å². The van der Waals surface area contributed by atoms with Crippen LogP contribution in [0.1, 0.15) is 17.0 Å². The average molecular weight is 447 g/mol. The molecule has 0 spiro atoms. The minimum atomic E-state index is -3.98. The maximum atomic E-state index is 13.3. The van der Waals surface area contributed by atoms with E-state index < -0.39 is 10.0 Å². The molecule has 0 aliphatic carbocycles. The van der Waals surface area contributed by atoms with E-state index in [4.69, 9.17) is 9.26 Å². The molecular formula is C21H26N4O5S. The zero-order valence-electron chi connectivity index (χ0n) is 17.7. The molecule has 0 radical (unpaired) electrons. The second kappa shape index (κ2) is 8.81. The molecule has 2 aliphatic rings. The first kappa shape index (κ1) is 21.5. The SMILES string of the molecule is Cc1noc(/C=C/N2CCOCC2)c1S(=O)(=O)N(C)CC(=O)N1CCc2ccccc21. The molecule has 0 bridgehead atoms. The number of carbonyl (C=O) groups excluding carboxylic acids is 1. The molecule has 1 amide bonds. The number of ether oxygens (including phenoxy) is 1. The summed E-state index contributed by atoms with van der Waals surface area (Å²) >= 11 is 0. The molecule has 0 unspecified atom stereocenters. The highest BCUT2D eigenvalue weighted by molar-refractivity contribution is 7.89. The normalized spacial score (nSPS) is 17.0. The third kappa shape index (κ3) is 4.36. The summed E-state index contributed by atoms with van der Waals surface area (Å²) in [6.07, 6.45) is 4.15. The Morgan fingerprint density at radius 1 is 1.23 bits per heavy atom. The van der Waals surface area contributed by atoms with E-state index in [0.717, 1.165) is 35.1 Å². The van der Waals surface area contributed by atoms with Crippen molar-refractivity contribution >= 4 is 27.7 Å². The van der Waals surface area contributed by atoms with Gasteiger partial charge in [0.15, 0.2) is 10.7 Å². The van der Waals surface area contributed by atoms with Crippen molar-refractivity contribution in [2.75, 3.05) is 51.3 Å². The highest BCUT2D eigenvalue weighted by Gasteiger charge is 2.33. The van der Waals surface area contributed by atoms with Gasteiger partial charge in [-0.2, -0.15) is 4.31 Å². The van der Waals surface area contributed by atoms with Gasteiger partial charge in [-0.05, 0) is 25.0 Å². The Morgan fingerprint density at radius 2 is 1.97 bits per heavy atom. The summed E-state index contributed by atoms with van der Waals surface area (Å²) in [5.74, 6) is -0.120. The zero-order valence-corrected chi connectivity index (χ0v) is 18.5. The Bertz CT molecular complexity index is 1090. The van der Waals surface area contributed by atoms with E-state index in [2.05, 4.69) is 5.16 Å². The molecule has 3 heterocycles. The van der Waals surface area contributed by atoms with Gasteiger partial charge in [-0.3, -0.25) is 4.79 Å². The molecule has 0 atom stereocenters. The lowest BCUT2D eigenvalue weighted by atomic mass is 10.2. The molecule has 0 N–H and O–H groups in total. The Balaban J connectivity index is 1.51. The van der Waals surface area contributed by atoms with Crippen molar-refractivity contribution in [3.05, 3.63) is 47.5 Å². The van der Waals surface area contributed by atoms with Gasteiger partial charge >= 0.3 is 0 Å². The molecule has 166 valence electrons. The van der Waals surface area contributed by atoms with E-state index in [1.54, 1.807) is 24.1 Å². The number of hydrogen-bond acceptors (Lipinski definition) is 7. The molecule has 1 aromatic carbocycles. The lowest BCUT2D eigenvalue weighted by Gasteiger charge is -2.24. The Hall–Kier alpha value is -2.69. The van der Waals surface area contributed by atoms with Crippen LogP contribution in [0.15, 0.2) is 39.9 Å². The predicted molar refractivity (Wildman–Crippen MR) is 115 cm³/mol. The van der Waals surface area contributed by atoms with Crippen molar-refractivity contribution in [3.8, 4) is 0 Å². The average Bonchev–Trinajstić information content (AvgIpc) is 3.36.